The number of hydrogen-bond acceptors (Lipinski definition) is 6. The summed E-state index contributed by atoms with van der Waals surface area (Å²) in [6.07, 6.45) is -0.270. The van der Waals surface area contributed by atoms with E-state index in [1.165, 1.54) is 0 Å². The van der Waals surface area contributed by atoms with E-state index in [4.69, 9.17) is 14.2 Å². The van der Waals surface area contributed by atoms with E-state index >= 15 is 0 Å². The molecular weight excluding hydrogens is 460 g/mol. The number of amides is 3. The number of morpholine rings is 2. The van der Waals surface area contributed by atoms with Crippen molar-refractivity contribution in [3.05, 3.63) is 59.7 Å². The van der Waals surface area contributed by atoms with Crippen molar-refractivity contribution < 1.29 is 23.8 Å². The van der Waals surface area contributed by atoms with Gasteiger partial charge in [0.2, 0.25) is 0 Å². The van der Waals surface area contributed by atoms with Gasteiger partial charge in [0.25, 0.3) is 5.91 Å². The topological polar surface area (TPSA) is 83.6 Å². The molecule has 0 saturated carbocycles. The van der Waals surface area contributed by atoms with Gasteiger partial charge in [-0.2, -0.15) is 0 Å². The zero-order valence-electron chi connectivity index (χ0n) is 21.2. The molecule has 2 fully saturated rings. The lowest BCUT2D eigenvalue weighted by Gasteiger charge is -2.36. The highest BCUT2D eigenvalue weighted by Crippen LogP contribution is 2.18. The first kappa shape index (κ1) is 25.9. The molecule has 0 radical (unpaired) electrons. The van der Waals surface area contributed by atoms with Gasteiger partial charge < -0.3 is 29.3 Å². The van der Waals surface area contributed by atoms with E-state index in [1.54, 1.807) is 18.1 Å². The molecule has 9 nitrogen and oxygen atoms in total. The van der Waals surface area contributed by atoms with Gasteiger partial charge in [0, 0.05) is 56.6 Å². The zero-order valence-corrected chi connectivity index (χ0v) is 21.2. The number of anilines is 1. The van der Waals surface area contributed by atoms with Gasteiger partial charge in [-0.15, -0.1) is 0 Å². The summed E-state index contributed by atoms with van der Waals surface area (Å²) in [6.45, 7) is 8.27. The van der Waals surface area contributed by atoms with Crippen molar-refractivity contribution in [3.8, 4) is 5.75 Å². The molecule has 2 aliphatic rings. The molecule has 2 aromatic carbocycles. The van der Waals surface area contributed by atoms with Crippen LogP contribution in [0.4, 0.5) is 10.5 Å². The molecule has 3 amide bonds. The second kappa shape index (κ2) is 12.7. The monoisotopic (exact) mass is 496 g/mol. The summed E-state index contributed by atoms with van der Waals surface area (Å²) in [7, 11) is 1.59. The quantitative estimate of drug-likeness (QED) is 0.605. The molecule has 0 aromatic heterocycles. The fourth-order valence-corrected chi connectivity index (χ4v) is 4.40. The summed E-state index contributed by atoms with van der Waals surface area (Å²) in [5, 5.41) is 2.93. The summed E-state index contributed by atoms with van der Waals surface area (Å²) in [6, 6.07) is 14.7. The van der Waals surface area contributed by atoms with Crippen molar-refractivity contribution in [1.29, 1.82) is 0 Å². The Labute approximate surface area is 212 Å². The number of methoxy groups -OCH3 is 1. The smallest absolute Gasteiger partial charge is 0.322 e. The Hall–Kier alpha value is -3.14. The van der Waals surface area contributed by atoms with Crippen LogP contribution in [0.25, 0.3) is 0 Å². The molecule has 1 atom stereocenters. The Kier molecular flexibility index (Phi) is 9.16. The number of nitrogens with one attached hydrogen (secondary N) is 1. The Morgan fingerprint density at radius 1 is 1.08 bits per heavy atom. The maximum atomic E-state index is 13.4. The maximum Gasteiger partial charge on any atom is 0.322 e. The lowest BCUT2D eigenvalue weighted by atomic mass is 10.1. The number of benzene rings is 2. The molecule has 0 aliphatic carbocycles. The fourth-order valence-electron chi connectivity index (χ4n) is 4.40. The van der Waals surface area contributed by atoms with Crippen LogP contribution in [0, 0.1) is 6.92 Å². The molecule has 0 spiro atoms. The number of ether oxygens (including phenoxy) is 3. The van der Waals surface area contributed by atoms with Gasteiger partial charge in [-0.3, -0.25) is 9.69 Å². The molecule has 9 heteroatoms. The molecule has 2 heterocycles. The minimum absolute atomic E-state index is 0.0233. The van der Waals surface area contributed by atoms with Gasteiger partial charge >= 0.3 is 6.03 Å². The van der Waals surface area contributed by atoms with Gasteiger partial charge in [-0.1, -0.05) is 23.8 Å². The van der Waals surface area contributed by atoms with E-state index in [-0.39, 0.29) is 18.0 Å². The number of carbonyl (C=O) groups excluding carboxylic acids is 2. The van der Waals surface area contributed by atoms with E-state index in [1.807, 2.05) is 54.3 Å². The molecule has 4 rings (SSSR count). The van der Waals surface area contributed by atoms with E-state index in [2.05, 4.69) is 10.2 Å². The average Bonchev–Trinajstić information content (AvgIpc) is 2.92. The van der Waals surface area contributed by atoms with Crippen LogP contribution in [0.15, 0.2) is 48.5 Å². The van der Waals surface area contributed by atoms with E-state index in [0.717, 1.165) is 38.4 Å². The van der Waals surface area contributed by atoms with E-state index in [0.29, 0.717) is 49.8 Å². The van der Waals surface area contributed by atoms with Crippen molar-refractivity contribution in [3.63, 3.8) is 0 Å². The van der Waals surface area contributed by atoms with Crippen molar-refractivity contribution in [2.24, 2.45) is 0 Å². The third kappa shape index (κ3) is 7.19. The van der Waals surface area contributed by atoms with Crippen molar-refractivity contribution in [2.45, 2.75) is 13.0 Å². The van der Waals surface area contributed by atoms with Gasteiger partial charge in [-0.25, -0.2) is 4.79 Å². The fraction of sp³-hybridized carbons (Fsp3) is 0.481. The minimum atomic E-state index is -0.270. The standard InChI is InChI=1S/C27H36N4O5/c1-21-6-8-22(9-7-21)26(32)30(11-10-29-12-15-35-16-13-29)19-25-20-31(14-17-36-25)27(33)28-23-4-3-5-24(18-23)34-2/h3-9,18,25H,10-17,19-20H2,1-2H3,(H,28,33). The second-order valence-corrected chi connectivity index (χ2v) is 9.17. The second-order valence-electron chi connectivity index (χ2n) is 9.17. The highest BCUT2D eigenvalue weighted by atomic mass is 16.5. The normalized spacial score (nSPS) is 18.5. The summed E-state index contributed by atoms with van der Waals surface area (Å²) in [5.74, 6) is 0.656. The molecule has 1 unspecified atom stereocenters. The van der Waals surface area contributed by atoms with Crippen LogP contribution in [0.3, 0.4) is 0 Å². The number of urea groups is 1. The number of carbonyl (C=O) groups is 2. The Morgan fingerprint density at radius 3 is 2.61 bits per heavy atom. The number of nitrogens with zero attached hydrogens (tertiary/aromatic N) is 3. The third-order valence-corrected chi connectivity index (χ3v) is 6.55. The van der Waals surface area contributed by atoms with E-state index < -0.39 is 0 Å². The maximum absolute atomic E-state index is 13.4. The summed E-state index contributed by atoms with van der Waals surface area (Å²) in [4.78, 5) is 32.3. The van der Waals surface area contributed by atoms with Gasteiger partial charge in [0.05, 0.1) is 39.6 Å². The first-order chi connectivity index (χ1) is 17.5. The van der Waals surface area contributed by atoms with Crippen LogP contribution < -0.4 is 10.1 Å². The summed E-state index contributed by atoms with van der Waals surface area (Å²) >= 11 is 0. The number of aryl methyl sites for hydroxylation is 1. The van der Waals surface area contributed by atoms with Gasteiger partial charge in [0.15, 0.2) is 0 Å². The lowest BCUT2D eigenvalue weighted by molar-refractivity contribution is -0.0282. The predicted molar refractivity (Wildman–Crippen MR) is 138 cm³/mol. The van der Waals surface area contributed by atoms with Crippen LogP contribution in [0.2, 0.25) is 0 Å². The Balaban J connectivity index is 1.39. The van der Waals surface area contributed by atoms with Crippen LogP contribution in [0.1, 0.15) is 15.9 Å². The molecule has 2 aromatic rings. The highest BCUT2D eigenvalue weighted by molar-refractivity contribution is 5.94. The molecule has 194 valence electrons. The van der Waals surface area contributed by atoms with Crippen LogP contribution in [-0.2, 0) is 9.47 Å². The molecule has 1 N–H and O–H groups in total. The van der Waals surface area contributed by atoms with Crippen molar-refractivity contribution in [1.82, 2.24) is 14.7 Å². The molecule has 0 bridgehead atoms. The first-order valence-corrected chi connectivity index (χ1v) is 12.5. The summed E-state index contributed by atoms with van der Waals surface area (Å²) < 4.78 is 16.7. The number of hydrogen-bond donors (Lipinski definition) is 1. The van der Waals surface area contributed by atoms with Crippen molar-refractivity contribution in [2.75, 3.05) is 78.1 Å². The van der Waals surface area contributed by atoms with Crippen LogP contribution in [0.5, 0.6) is 5.75 Å². The Morgan fingerprint density at radius 2 is 1.86 bits per heavy atom. The van der Waals surface area contributed by atoms with Gasteiger partial charge in [0.1, 0.15) is 5.75 Å². The zero-order chi connectivity index (χ0) is 25.3. The number of rotatable bonds is 8. The van der Waals surface area contributed by atoms with Crippen LogP contribution >= 0.6 is 0 Å². The summed E-state index contributed by atoms with van der Waals surface area (Å²) in [5.41, 5.74) is 2.44. The predicted octanol–water partition coefficient (Wildman–Crippen LogP) is 2.71. The third-order valence-electron chi connectivity index (χ3n) is 6.55. The van der Waals surface area contributed by atoms with Crippen molar-refractivity contribution >= 4 is 17.6 Å². The molecular formula is C27H36N4O5. The highest BCUT2D eigenvalue weighted by Gasteiger charge is 2.28. The molecule has 2 saturated heterocycles. The lowest BCUT2D eigenvalue weighted by Crippen LogP contribution is -2.52. The van der Waals surface area contributed by atoms with Gasteiger partial charge in [-0.05, 0) is 31.2 Å². The largest absolute Gasteiger partial charge is 0.497 e. The van der Waals surface area contributed by atoms with Crippen LogP contribution in [-0.4, -0.2) is 105 Å². The SMILES string of the molecule is COc1cccc(NC(=O)N2CCOC(CN(CCN3CCOCC3)C(=O)c3ccc(C)cc3)C2)c1. The average molecular weight is 497 g/mol. The molecule has 2 aliphatic heterocycles. The van der Waals surface area contributed by atoms with E-state index in [9.17, 15) is 9.59 Å². The molecule has 36 heavy (non-hydrogen) atoms. The Bertz CT molecular complexity index is 1010. The minimum Gasteiger partial charge on any atom is -0.497 e. The first-order valence-electron chi connectivity index (χ1n) is 12.5.